The third-order valence-corrected chi connectivity index (χ3v) is 13.9. The van der Waals surface area contributed by atoms with Gasteiger partial charge in [-0.15, -0.1) is 0 Å². The molecule has 0 saturated carbocycles. The third kappa shape index (κ3) is 12.2. The van der Waals surface area contributed by atoms with Crippen molar-refractivity contribution in [2.45, 2.75) is 205 Å². The maximum Gasteiger partial charge on any atom is 0.311 e. The maximum atomic E-state index is 14.4. The lowest BCUT2D eigenvalue weighted by atomic mass is 9.73. The Morgan fingerprint density at radius 1 is 0.900 bits per heavy atom. The van der Waals surface area contributed by atoms with E-state index in [1.165, 1.54) is 18.9 Å². The summed E-state index contributed by atoms with van der Waals surface area (Å²) in [4.78, 5) is 30.7. The first kappa shape index (κ1) is 52.8. The molecule has 3 aliphatic rings. The monoisotopic (exact) mass is 863 g/mol. The number of aliphatic hydroxyl groups is 5. The molecule has 1 amide bonds. The molecule has 0 aromatic carbocycles. The van der Waals surface area contributed by atoms with E-state index >= 15 is 0 Å². The minimum absolute atomic E-state index is 0.0128. The van der Waals surface area contributed by atoms with Gasteiger partial charge in [0.15, 0.2) is 6.29 Å². The maximum absolute atomic E-state index is 14.4. The van der Waals surface area contributed by atoms with Crippen LogP contribution in [0, 0.1) is 23.7 Å². The number of carbonyl (C=O) groups excluding carboxylic acids is 2. The normalized spacial score (nSPS) is 45.3. The van der Waals surface area contributed by atoms with Crippen molar-refractivity contribution in [2.24, 2.45) is 23.7 Å². The molecule has 16 heteroatoms. The molecule has 0 aromatic heterocycles. The minimum Gasteiger partial charge on any atom is -0.459 e. The summed E-state index contributed by atoms with van der Waals surface area (Å²) >= 11 is 0. The van der Waals surface area contributed by atoms with Crippen molar-refractivity contribution in [3.05, 3.63) is 0 Å². The van der Waals surface area contributed by atoms with Crippen LogP contribution in [0.3, 0.4) is 0 Å². The summed E-state index contributed by atoms with van der Waals surface area (Å²) in [7, 11) is 6.67. The number of likely N-dealkylation sites (N-methyl/N-ethyl adjacent to an activating group) is 2. The van der Waals surface area contributed by atoms with E-state index in [9.17, 15) is 35.1 Å². The highest BCUT2D eigenvalue weighted by molar-refractivity contribution is 5.76. The second-order valence-electron chi connectivity index (χ2n) is 19.4. The van der Waals surface area contributed by atoms with Crippen LogP contribution in [-0.2, 0) is 42.7 Å². The number of hydrogen-bond donors (Lipinski definition) is 5. The Kier molecular flexibility index (Phi) is 18.9. The Morgan fingerprint density at radius 3 is 2.07 bits per heavy atom. The summed E-state index contributed by atoms with van der Waals surface area (Å²) in [5.41, 5.74) is -4.73. The van der Waals surface area contributed by atoms with Crippen molar-refractivity contribution in [3.8, 4) is 0 Å². The highest BCUT2D eigenvalue weighted by Crippen LogP contribution is 2.41. The second-order valence-corrected chi connectivity index (χ2v) is 19.4. The number of hydrogen-bond acceptors (Lipinski definition) is 15. The standard InChI is InChI=1S/C44H82N2O14/c1-17-32-44(12,53)38(49)26(6)36(55-22-33(47)45(13)14)24(4)19-42(10,52)40(56-21-31-35(48)30(18-25(5)57-31)46(15)23(2)3)27(7)37(28(8)41(51)59-32)60-34-20-43(11,54-16)39(50)29(9)58-34/h23-32,34-40,48-50,52-53H,17-22H2,1-16H3/t24-,25-,26+,27+,28-,29+,30+,31+,32-,34+,35-,36+,37+,38-,39+,40-,42-,43-,44-/m1/s1. The molecule has 60 heavy (non-hydrogen) atoms. The van der Waals surface area contributed by atoms with Crippen molar-refractivity contribution < 1.29 is 68.3 Å². The smallest absolute Gasteiger partial charge is 0.311 e. The summed E-state index contributed by atoms with van der Waals surface area (Å²) in [6.07, 6.45) is -9.37. The van der Waals surface area contributed by atoms with Crippen LogP contribution in [-0.4, -0.2) is 185 Å². The first-order valence-electron chi connectivity index (χ1n) is 22.0. The van der Waals surface area contributed by atoms with Crippen molar-refractivity contribution in [1.29, 1.82) is 0 Å². The van der Waals surface area contributed by atoms with Gasteiger partial charge in [0.25, 0.3) is 0 Å². The Bertz CT molecular complexity index is 1370. The fourth-order valence-corrected chi connectivity index (χ4v) is 9.74. The van der Waals surface area contributed by atoms with Crippen molar-refractivity contribution >= 4 is 11.9 Å². The fraction of sp³-hybridized carbons (Fsp3) is 0.955. The van der Waals surface area contributed by atoms with Gasteiger partial charge in [-0.25, -0.2) is 0 Å². The molecule has 0 aromatic rings. The topological polar surface area (TPSA) is 206 Å². The summed E-state index contributed by atoms with van der Waals surface area (Å²) < 4.78 is 44.1. The molecule has 3 fully saturated rings. The summed E-state index contributed by atoms with van der Waals surface area (Å²) in [5, 5.41) is 59.4. The first-order chi connectivity index (χ1) is 27.6. The number of carbonyl (C=O) groups is 2. The Hall–Kier alpha value is -1.54. The van der Waals surface area contributed by atoms with E-state index in [-0.39, 0.29) is 56.6 Å². The van der Waals surface area contributed by atoms with Crippen LogP contribution in [0.4, 0.5) is 0 Å². The molecule has 19 atom stereocenters. The van der Waals surface area contributed by atoms with E-state index in [1.807, 2.05) is 20.9 Å². The van der Waals surface area contributed by atoms with Crippen molar-refractivity contribution in [3.63, 3.8) is 0 Å². The number of amides is 1. The van der Waals surface area contributed by atoms with Crippen LogP contribution >= 0.6 is 0 Å². The first-order valence-corrected chi connectivity index (χ1v) is 22.0. The molecule has 352 valence electrons. The molecule has 0 unspecified atom stereocenters. The van der Waals surface area contributed by atoms with Gasteiger partial charge in [-0.2, -0.15) is 0 Å². The van der Waals surface area contributed by atoms with Gasteiger partial charge in [-0.05, 0) is 87.6 Å². The Balaban J connectivity index is 2.20. The fourth-order valence-electron chi connectivity index (χ4n) is 9.74. The number of aliphatic hydroxyl groups excluding tert-OH is 3. The van der Waals surface area contributed by atoms with Crippen molar-refractivity contribution in [2.75, 3.05) is 41.5 Å². The number of rotatable bonds is 12. The van der Waals surface area contributed by atoms with Gasteiger partial charge in [0, 0.05) is 51.5 Å². The number of esters is 1. The number of ether oxygens (including phenoxy) is 7. The van der Waals surface area contributed by atoms with Gasteiger partial charge in [-0.3, -0.25) is 14.5 Å². The van der Waals surface area contributed by atoms with Gasteiger partial charge in [0.05, 0.1) is 66.5 Å². The molecular formula is C44H82N2O14. The third-order valence-electron chi connectivity index (χ3n) is 13.9. The van der Waals surface area contributed by atoms with E-state index < -0.39 is 108 Å². The van der Waals surface area contributed by atoms with Gasteiger partial charge in [0.1, 0.15) is 30.5 Å². The van der Waals surface area contributed by atoms with Gasteiger partial charge in [-0.1, -0.05) is 27.7 Å². The molecular weight excluding hydrogens is 780 g/mol. The molecule has 3 aliphatic heterocycles. The van der Waals surface area contributed by atoms with Crippen LogP contribution < -0.4 is 0 Å². The summed E-state index contributed by atoms with van der Waals surface area (Å²) in [6, 6.07) is -0.0612. The predicted molar refractivity (Wildman–Crippen MR) is 224 cm³/mol. The van der Waals surface area contributed by atoms with Crippen LogP contribution in [0.5, 0.6) is 0 Å². The zero-order valence-electron chi connectivity index (χ0n) is 39.4. The molecule has 3 rings (SSSR count). The second kappa shape index (κ2) is 21.4. The molecule has 0 spiro atoms. The Labute approximate surface area is 359 Å². The van der Waals surface area contributed by atoms with Crippen molar-refractivity contribution in [1.82, 2.24) is 9.80 Å². The quantitative estimate of drug-likeness (QED) is 0.179. The molecule has 16 nitrogen and oxygen atoms in total. The number of nitrogens with zero attached hydrogens (tertiary/aromatic N) is 2. The molecule has 0 aliphatic carbocycles. The van der Waals surface area contributed by atoms with E-state index in [2.05, 4.69) is 18.7 Å². The van der Waals surface area contributed by atoms with E-state index in [0.29, 0.717) is 6.42 Å². The molecule has 0 radical (unpaired) electrons. The minimum atomic E-state index is -1.96. The highest BCUT2D eigenvalue weighted by atomic mass is 16.7. The highest BCUT2D eigenvalue weighted by Gasteiger charge is 2.53. The lowest BCUT2D eigenvalue weighted by molar-refractivity contribution is -0.301. The molecule has 0 bridgehead atoms. The van der Waals surface area contributed by atoms with E-state index in [0.717, 1.165) is 0 Å². The molecule has 3 heterocycles. The van der Waals surface area contributed by atoms with Crippen LogP contribution in [0.15, 0.2) is 0 Å². The number of methoxy groups -OCH3 is 1. The molecule has 5 N–H and O–H groups in total. The van der Waals surface area contributed by atoms with Crippen LogP contribution in [0.25, 0.3) is 0 Å². The zero-order chi connectivity index (χ0) is 45.8. The SMILES string of the molecule is CC[C@H]1OC(=O)[C@H](C)[C@@H](O[C@H]2C[C@@](C)(OC)[C@@H](O)[C@H](C)O2)[C@H](C)[C@@H](OC[C@@H]2O[C@H](C)C[C@H](N(C)C(C)C)[C@H]2O)[C@](C)(O)C[C@@H](C)[C@H](OCC(=O)N(C)C)[C@H](C)[C@@H](O)[C@]1(C)O. The Morgan fingerprint density at radius 2 is 1.52 bits per heavy atom. The van der Waals surface area contributed by atoms with Gasteiger partial charge >= 0.3 is 5.97 Å². The summed E-state index contributed by atoms with van der Waals surface area (Å²) in [6.45, 7) is 20.8. The number of cyclic esters (lactones) is 1. The zero-order valence-corrected chi connectivity index (χ0v) is 39.4. The lowest BCUT2D eigenvalue weighted by Crippen LogP contribution is -2.60. The summed E-state index contributed by atoms with van der Waals surface area (Å²) in [5.74, 6) is -4.26. The lowest BCUT2D eigenvalue weighted by Gasteiger charge is -2.48. The average molecular weight is 863 g/mol. The van der Waals surface area contributed by atoms with Crippen LogP contribution in [0.1, 0.15) is 109 Å². The van der Waals surface area contributed by atoms with Gasteiger partial charge in [0.2, 0.25) is 5.91 Å². The largest absolute Gasteiger partial charge is 0.459 e. The molecule has 3 saturated heterocycles. The van der Waals surface area contributed by atoms with E-state index in [1.54, 1.807) is 62.6 Å². The average Bonchev–Trinajstić information content (AvgIpc) is 3.16. The van der Waals surface area contributed by atoms with Crippen LogP contribution in [0.2, 0.25) is 0 Å². The van der Waals surface area contributed by atoms with E-state index in [4.69, 9.17) is 33.2 Å². The van der Waals surface area contributed by atoms with Gasteiger partial charge < -0.3 is 63.6 Å². The predicted octanol–water partition coefficient (Wildman–Crippen LogP) is 2.51.